The van der Waals surface area contributed by atoms with E-state index < -0.39 is 0 Å². The number of hydrogen-bond acceptors (Lipinski definition) is 4. The molecule has 0 fully saturated rings. The van der Waals surface area contributed by atoms with Gasteiger partial charge in [-0.15, -0.1) is 0 Å². The first-order valence-electron chi connectivity index (χ1n) is 7.48. The molecule has 122 valence electrons. The fraction of sp³-hybridized carbons (Fsp3) is 0.111. The first-order valence-corrected chi connectivity index (χ1v) is 7.48. The third-order valence-electron chi connectivity index (χ3n) is 2.98. The van der Waals surface area contributed by atoms with Gasteiger partial charge >= 0.3 is 0 Å². The molecule has 0 atom stereocenters. The molecular weight excluding hydrogens is 304 g/mol. The number of carbonyl (C=O) groups is 2. The summed E-state index contributed by atoms with van der Waals surface area (Å²) >= 11 is 0. The van der Waals surface area contributed by atoms with Gasteiger partial charge in [0.25, 0.3) is 0 Å². The fourth-order valence-corrected chi connectivity index (χ4v) is 1.77. The van der Waals surface area contributed by atoms with Crippen LogP contribution >= 0.6 is 0 Å². The first kappa shape index (κ1) is 17.1. The van der Waals surface area contributed by atoms with E-state index in [0.29, 0.717) is 0 Å². The van der Waals surface area contributed by atoms with Crippen LogP contribution in [0.4, 0.5) is 0 Å². The van der Waals surface area contributed by atoms with Gasteiger partial charge in [0.15, 0.2) is 0 Å². The molecule has 0 aliphatic heterocycles. The largest absolute Gasteiger partial charge is 0.273 e. The predicted molar refractivity (Wildman–Crippen MR) is 93.6 cm³/mol. The number of benzene rings is 2. The summed E-state index contributed by atoms with van der Waals surface area (Å²) in [6.45, 7) is 0. The maximum absolute atomic E-state index is 11.6. The highest BCUT2D eigenvalue weighted by Gasteiger charge is 2.05. The van der Waals surface area contributed by atoms with Crippen molar-refractivity contribution in [1.29, 1.82) is 0 Å². The highest BCUT2D eigenvalue weighted by Crippen LogP contribution is 1.95. The standard InChI is InChI=1S/C18H18N4O2/c23-17(21-19-13-15-7-3-1-4-8-15)11-12-18(24)22-20-14-16-9-5-2-6-10-16/h1-10,13-14H,11-12H2,(H,21,23)(H,22,24)/b19-13-,20-14-. The Kier molecular flexibility index (Phi) is 6.89. The zero-order valence-electron chi connectivity index (χ0n) is 13.1. The Morgan fingerprint density at radius 2 is 1.08 bits per heavy atom. The lowest BCUT2D eigenvalue weighted by Crippen LogP contribution is -2.22. The van der Waals surface area contributed by atoms with Gasteiger partial charge in [0.2, 0.25) is 11.8 Å². The van der Waals surface area contributed by atoms with Crippen LogP contribution in [0.1, 0.15) is 24.0 Å². The second-order valence-electron chi connectivity index (χ2n) is 4.91. The Morgan fingerprint density at radius 3 is 1.46 bits per heavy atom. The van der Waals surface area contributed by atoms with Gasteiger partial charge < -0.3 is 0 Å². The van der Waals surface area contributed by atoms with Crippen molar-refractivity contribution in [2.24, 2.45) is 10.2 Å². The van der Waals surface area contributed by atoms with Gasteiger partial charge in [0.1, 0.15) is 0 Å². The Bertz CT molecular complexity index is 649. The summed E-state index contributed by atoms with van der Waals surface area (Å²) in [5.74, 6) is -0.659. The average Bonchev–Trinajstić information content (AvgIpc) is 2.62. The monoisotopic (exact) mass is 322 g/mol. The Hall–Kier alpha value is -3.28. The van der Waals surface area contributed by atoms with E-state index in [-0.39, 0.29) is 24.7 Å². The molecule has 6 heteroatoms. The molecule has 6 nitrogen and oxygen atoms in total. The molecule has 2 aromatic carbocycles. The molecule has 0 radical (unpaired) electrons. The van der Waals surface area contributed by atoms with Crippen molar-refractivity contribution in [3.05, 3.63) is 71.8 Å². The molecule has 24 heavy (non-hydrogen) atoms. The summed E-state index contributed by atoms with van der Waals surface area (Å²) in [6.07, 6.45) is 3.17. The molecule has 2 aromatic rings. The number of nitrogens with zero attached hydrogens (tertiary/aromatic N) is 2. The lowest BCUT2D eigenvalue weighted by Gasteiger charge is -2.00. The van der Waals surface area contributed by atoms with Crippen LogP contribution in [-0.2, 0) is 9.59 Å². The van der Waals surface area contributed by atoms with Crippen molar-refractivity contribution in [3.8, 4) is 0 Å². The van der Waals surface area contributed by atoms with Crippen LogP contribution in [0.25, 0.3) is 0 Å². The molecular formula is C18H18N4O2. The third-order valence-corrected chi connectivity index (χ3v) is 2.98. The van der Waals surface area contributed by atoms with E-state index >= 15 is 0 Å². The van der Waals surface area contributed by atoms with Crippen LogP contribution in [0.15, 0.2) is 70.9 Å². The van der Waals surface area contributed by atoms with E-state index in [1.54, 1.807) is 12.4 Å². The molecule has 0 spiro atoms. The molecule has 0 saturated carbocycles. The number of nitrogens with one attached hydrogen (secondary N) is 2. The number of rotatable bonds is 7. The predicted octanol–water partition coefficient (Wildman–Crippen LogP) is 2.07. The van der Waals surface area contributed by atoms with Gasteiger partial charge in [-0.05, 0) is 11.1 Å². The summed E-state index contributed by atoms with van der Waals surface area (Å²) in [5, 5.41) is 7.67. The van der Waals surface area contributed by atoms with E-state index in [2.05, 4.69) is 21.1 Å². The first-order chi connectivity index (χ1) is 11.7. The quantitative estimate of drug-likeness (QED) is 0.604. The zero-order valence-corrected chi connectivity index (χ0v) is 13.1. The van der Waals surface area contributed by atoms with Crippen LogP contribution in [-0.4, -0.2) is 24.2 Å². The molecule has 0 aliphatic carbocycles. The minimum Gasteiger partial charge on any atom is -0.273 e. The normalized spacial score (nSPS) is 10.8. The summed E-state index contributed by atoms with van der Waals surface area (Å²) in [7, 11) is 0. The summed E-state index contributed by atoms with van der Waals surface area (Å²) in [5.41, 5.74) is 6.52. The van der Waals surface area contributed by atoms with E-state index in [1.807, 2.05) is 60.7 Å². The number of carbonyl (C=O) groups excluding carboxylic acids is 2. The molecule has 0 aliphatic rings. The minimum absolute atomic E-state index is 0.0405. The third kappa shape index (κ3) is 6.65. The second-order valence-corrected chi connectivity index (χ2v) is 4.91. The van der Waals surface area contributed by atoms with E-state index in [0.717, 1.165) is 11.1 Å². The van der Waals surface area contributed by atoms with Gasteiger partial charge in [-0.25, -0.2) is 10.9 Å². The van der Waals surface area contributed by atoms with Crippen molar-refractivity contribution >= 4 is 24.2 Å². The minimum atomic E-state index is -0.329. The number of hydrogen-bond donors (Lipinski definition) is 2. The van der Waals surface area contributed by atoms with Gasteiger partial charge in [-0.1, -0.05) is 60.7 Å². The SMILES string of the molecule is O=C(CCC(=O)N/N=C\c1ccccc1)N/N=C\c1ccccc1. The van der Waals surface area contributed by atoms with Crippen LogP contribution in [0.2, 0.25) is 0 Å². The number of hydrazone groups is 2. The summed E-state index contributed by atoms with van der Waals surface area (Å²) < 4.78 is 0. The smallest absolute Gasteiger partial charge is 0.240 e. The number of amides is 2. The molecule has 0 aromatic heterocycles. The zero-order chi connectivity index (χ0) is 17.0. The fourth-order valence-electron chi connectivity index (χ4n) is 1.77. The highest BCUT2D eigenvalue weighted by atomic mass is 16.2. The molecule has 2 amide bonds. The topological polar surface area (TPSA) is 82.9 Å². The maximum Gasteiger partial charge on any atom is 0.240 e. The molecule has 0 bridgehead atoms. The lowest BCUT2D eigenvalue weighted by atomic mass is 10.2. The molecule has 0 saturated heterocycles. The average molecular weight is 322 g/mol. The molecule has 2 N–H and O–H groups in total. The maximum atomic E-state index is 11.6. The van der Waals surface area contributed by atoms with Crippen molar-refractivity contribution in [2.45, 2.75) is 12.8 Å². The van der Waals surface area contributed by atoms with Crippen molar-refractivity contribution in [3.63, 3.8) is 0 Å². The summed E-state index contributed by atoms with van der Waals surface area (Å²) in [6, 6.07) is 18.8. The van der Waals surface area contributed by atoms with Crippen molar-refractivity contribution in [2.75, 3.05) is 0 Å². The van der Waals surface area contributed by atoms with Gasteiger partial charge in [0.05, 0.1) is 12.4 Å². The van der Waals surface area contributed by atoms with Crippen molar-refractivity contribution in [1.82, 2.24) is 10.9 Å². The van der Waals surface area contributed by atoms with Crippen LogP contribution in [0, 0.1) is 0 Å². The Morgan fingerprint density at radius 1 is 0.708 bits per heavy atom. The van der Waals surface area contributed by atoms with Gasteiger partial charge in [0, 0.05) is 12.8 Å². The van der Waals surface area contributed by atoms with Gasteiger partial charge in [-0.3, -0.25) is 9.59 Å². The van der Waals surface area contributed by atoms with Crippen LogP contribution < -0.4 is 10.9 Å². The van der Waals surface area contributed by atoms with Gasteiger partial charge in [-0.2, -0.15) is 10.2 Å². The second kappa shape index (κ2) is 9.68. The summed E-state index contributed by atoms with van der Waals surface area (Å²) in [4.78, 5) is 23.2. The van der Waals surface area contributed by atoms with E-state index in [4.69, 9.17) is 0 Å². The van der Waals surface area contributed by atoms with Crippen LogP contribution in [0.5, 0.6) is 0 Å². The molecule has 0 heterocycles. The highest BCUT2D eigenvalue weighted by molar-refractivity contribution is 5.86. The van der Waals surface area contributed by atoms with E-state index in [9.17, 15) is 9.59 Å². The Balaban J connectivity index is 1.65. The Labute approximate surface area is 140 Å². The van der Waals surface area contributed by atoms with Crippen LogP contribution in [0.3, 0.4) is 0 Å². The lowest BCUT2D eigenvalue weighted by molar-refractivity contribution is -0.126. The van der Waals surface area contributed by atoms with E-state index in [1.165, 1.54) is 0 Å². The molecule has 2 rings (SSSR count). The van der Waals surface area contributed by atoms with Crippen molar-refractivity contribution < 1.29 is 9.59 Å². The molecule has 0 unspecified atom stereocenters.